The maximum absolute atomic E-state index is 5.59. The number of aryl methyl sites for hydroxylation is 1. The van der Waals surface area contributed by atoms with Gasteiger partial charge in [0.2, 0.25) is 5.95 Å². The van der Waals surface area contributed by atoms with Crippen molar-refractivity contribution in [1.82, 2.24) is 25.1 Å². The van der Waals surface area contributed by atoms with E-state index in [2.05, 4.69) is 38.4 Å². The molecule has 0 spiro atoms. The van der Waals surface area contributed by atoms with Gasteiger partial charge in [0, 0.05) is 22.2 Å². The molecule has 0 atom stereocenters. The second-order valence-corrected chi connectivity index (χ2v) is 8.71. The van der Waals surface area contributed by atoms with Crippen LogP contribution < -0.4 is 15.4 Å². The number of para-hydroxylation sites is 1. The lowest BCUT2D eigenvalue weighted by Crippen LogP contribution is -2.29. The van der Waals surface area contributed by atoms with Crippen LogP contribution in [0, 0.1) is 6.92 Å². The van der Waals surface area contributed by atoms with Crippen LogP contribution in [0.5, 0.6) is 5.75 Å². The van der Waals surface area contributed by atoms with Crippen molar-refractivity contribution in [2.45, 2.75) is 25.8 Å². The smallest absolute Gasteiger partial charge is 0.227 e. The number of anilines is 2. The van der Waals surface area contributed by atoms with Gasteiger partial charge in [-0.3, -0.25) is 4.68 Å². The predicted octanol–water partition coefficient (Wildman–Crippen LogP) is 4.54. The monoisotopic (exact) mass is 420 g/mol. The number of aromatic nitrogens is 4. The van der Waals surface area contributed by atoms with Crippen molar-refractivity contribution in [2.24, 2.45) is 0 Å². The number of benzene rings is 1. The molecule has 1 fully saturated rings. The third kappa shape index (κ3) is 3.53. The van der Waals surface area contributed by atoms with Crippen LogP contribution in [0.2, 0.25) is 0 Å². The highest BCUT2D eigenvalue weighted by Gasteiger charge is 2.18. The Kier molecular flexibility index (Phi) is 5.10. The number of nitrogens with one attached hydrogen (secondary N) is 2. The van der Waals surface area contributed by atoms with Gasteiger partial charge in [0.05, 0.1) is 41.4 Å². The summed E-state index contributed by atoms with van der Waals surface area (Å²) in [5.74, 6) is 1.41. The summed E-state index contributed by atoms with van der Waals surface area (Å²) < 4.78 is 8.70. The minimum absolute atomic E-state index is 0.446. The summed E-state index contributed by atoms with van der Waals surface area (Å²) >= 11 is 1.70. The van der Waals surface area contributed by atoms with Gasteiger partial charge in [-0.05, 0) is 38.9 Å². The summed E-state index contributed by atoms with van der Waals surface area (Å²) in [7, 11) is 1.70. The average Bonchev–Trinajstić information content (AvgIpc) is 3.38. The molecule has 0 amide bonds. The van der Waals surface area contributed by atoms with Crippen LogP contribution in [0.15, 0.2) is 42.9 Å². The number of piperidine rings is 1. The molecule has 0 bridgehead atoms. The SMILES string of the molecule is COc1ccccc1-c1c(C)sc2cnc(Nc3cnn(C4CCNCC4)c3)nc12. The molecule has 0 aliphatic carbocycles. The standard InChI is InChI=1S/C22H24N6OS/c1-14-20(17-5-3-4-6-18(17)29-2)21-19(30-14)12-24-22(27-21)26-15-11-25-28(13-15)16-7-9-23-10-8-16/h3-6,11-13,16,23H,7-10H2,1-2H3,(H,24,26,27). The summed E-state index contributed by atoms with van der Waals surface area (Å²) in [4.78, 5) is 10.6. The van der Waals surface area contributed by atoms with Gasteiger partial charge in [-0.2, -0.15) is 5.10 Å². The van der Waals surface area contributed by atoms with Crippen LogP contribution >= 0.6 is 11.3 Å². The first-order chi connectivity index (χ1) is 14.7. The highest BCUT2D eigenvalue weighted by Crippen LogP contribution is 2.41. The molecule has 4 heterocycles. The van der Waals surface area contributed by atoms with Crippen molar-refractivity contribution in [3.8, 4) is 16.9 Å². The van der Waals surface area contributed by atoms with Crippen molar-refractivity contribution in [3.63, 3.8) is 0 Å². The molecular formula is C22H24N6OS. The molecule has 0 saturated carbocycles. The van der Waals surface area contributed by atoms with Crippen LogP contribution in [0.4, 0.5) is 11.6 Å². The first kappa shape index (κ1) is 19.0. The number of hydrogen-bond donors (Lipinski definition) is 2. The highest BCUT2D eigenvalue weighted by molar-refractivity contribution is 7.19. The van der Waals surface area contributed by atoms with E-state index in [0.717, 1.165) is 58.7 Å². The Labute approximate surface area is 179 Å². The molecular weight excluding hydrogens is 396 g/mol. The minimum Gasteiger partial charge on any atom is -0.496 e. The quantitative estimate of drug-likeness (QED) is 0.494. The molecule has 1 aliphatic rings. The van der Waals surface area contributed by atoms with Crippen molar-refractivity contribution in [1.29, 1.82) is 0 Å². The lowest BCUT2D eigenvalue weighted by Gasteiger charge is -2.22. The molecule has 8 heteroatoms. The topological polar surface area (TPSA) is 76.9 Å². The Morgan fingerprint density at radius 2 is 2.03 bits per heavy atom. The fourth-order valence-corrected chi connectivity index (χ4v) is 5.03. The zero-order chi connectivity index (χ0) is 20.5. The molecule has 1 aliphatic heterocycles. The van der Waals surface area contributed by atoms with Crippen molar-refractivity contribution in [3.05, 3.63) is 47.7 Å². The van der Waals surface area contributed by atoms with E-state index in [-0.39, 0.29) is 0 Å². The second kappa shape index (κ2) is 8.04. The van der Waals surface area contributed by atoms with Gasteiger partial charge in [-0.1, -0.05) is 18.2 Å². The Morgan fingerprint density at radius 1 is 1.20 bits per heavy atom. The molecule has 154 valence electrons. The zero-order valence-electron chi connectivity index (χ0n) is 17.1. The molecule has 1 saturated heterocycles. The van der Waals surface area contributed by atoms with E-state index < -0.39 is 0 Å². The highest BCUT2D eigenvalue weighted by atomic mass is 32.1. The van der Waals surface area contributed by atoms with Gasteiger partial charge in [-0.25, -0.2) is 9.97 Å². The lowest BCUT2D eigenvalue weighted by molar-refractivity contribution is 0.343. The Bertz CT molecular complexity index is 1180. The summed E-state index contributed by atoms with van der Waals surface area (Å²) in [5.41, 5.74) is 3.99. The molecule has 1 aromatic carbocycles. The second-order valence-electron chi connectivity index (χ2n) is 7.46. The third-order valence-electron chi connectivity index (χ3n) is 5.52. The largest absolute Gasteiger partial charge is 0.496 e. The Balaban J connectivity index is 1.47. The molecule has 7 nitrogen and oxygen atoms in total. The fraction of sp³-hybridized carbons (Fsp3) is 0.318. The van der Waals surface area contributed by atoms with Crippen LogP contribution in [-0.2, 0) is 0 Å². The van der Waals surface area contributed by atoms with Crippen LogP contribution in [0.3, 0.4) is 0 Å². The van der Waals surface area contributed by atoms with Gasteiger partial charge in [0.1, 0.15) is 5.75 Å². The van der Waals surface area contributed by atoms with E-state index in [4.69, 9.17) is 9.72 Å². The van der Waals surface area contributed by atoms with Gasteiger partial charge < -0.3 is 15.4 Å². The number of rotatable bonds is 5. The molecule has 0 unspecified atom stereocenters. The summed E-state index contributed by atoms with van der Waals surface area (Å²) in [6.45, 7) is 4.19. The van der Waals surface area contributed by atoms with E-state index in [1.165, 1.54) is 4.88 Å². The number of fused-ring (bicyclic) bond motifs is 1. The summed E-state index contributed by atoms with van der Waals surface area (Å²) in [5, 5.41) is 11.3. The Hall–Kier alpha value is -2.97. The van der Waals surface area contributed by atoms with Gasteiger partial charge in [-0.15, -0.1) is 11.3 Å². The number of thiophene rings is 1. The van der Waals surface area contributed by atoms with Crippen LogP contribution in [0.25, 0.3) is 21.3 Å². The third-order valence-corrected chi connectivity index (χ3v) is 6.55. The minimum atomic E-state index is 0.446. The molecule has 5 rings (SSSR count). The lowest BCUT2D eigenvalue weighted by atomic mass is 10.0. The molecule has 2 N–H and O–H groups in total. The average molecular weight is 421 g/mol. The van der Waals surface area contributed by atoms with E-state index in [1.807, 2.05) is 36.8 Å². The molecule has 30 heavy (non-hydrogen) atoms. The van der Waals surface area contributed by atoms with E-state index >= 15 is 0 Å². The predicted molar refractivity (Wildman–Crippen MR) is 121 cm³/mol. The van der Waals surface area contributed by atoms with Gasteiger partial charge >= 0.3 is 0 Å². The summed E-state index contributed by atoms with van der Waals surface area (Å²) in [6, 6.07) is 8.51. The maximum Gasteiger partial charge on any atom is 0.227 e. The first-order valence-electron chi connectivity index (χ1n) is 10.1. The normalized spacial score (nSPS) is 14.9. The Morgan fingerprint density at radius 3 is 2.87 bits per heavy atom. The number of ether oxygens (including phenoxy) is 1. The number of methoxy groups -OCH3 is 1. The van der Waals surface area contributed by atoms with Crippen molar-refractivity contribution >= 4 is 33.2 Å². The van der Waals surface area contributed by atoms with E-state index in [9.17, 15) is 0 Å². The molecule has 4 aromatic rings. The van der Waals surface area contributed by atoms with Crippen LogP contribution in [-0.4, -0.2) is 39.9 Å². The maximum atomic E-state index is 5.59. The van der Waals surface area contributed by atoms with Gasteiger partial charge in [0.25, 0.3) is 0 Å². The van der Waals surface area contributed by atoms with E-state index in [1.54, 1.807) is 18.4 Å². The zero-order valence-corrected chi connectivity index (χ0v) is 17.9. The van der Waals surface area contributed by atoms with Crippen molar-refractivity contribution < 1.29 is 4.74 Å². The van der Waals surface area contributed by atoms with Crippen molar-refractivity contribution in [2.75, 3.05) is 25.5 Å². The van der Waals surface area contributed by atoms with Gasteiger partial charge in [0.15, 0.2) is 0 Å². The van der Waals surface area contributed by atoms with Crippen LogP contribution in [0.1, 0.15) is 23.8 Å². The fourth-order valence-electron chi connectivity index (χ4n) is 4.04. The number of nitrogens with zero attached hydrogens (tertiary/aromatic N) is 4. The number of hydrogen-bond acceptors (Lipinski definition) is 7. The van der Waals surface area contributed by atoms with E-state index in [0.29, 0.717) is 12.0 Å². The first-order valence-corrected chi connectivity index (χ1v) is 11.0. The molecule has 0 radical (unpaired) electrons. The molecule has 3 aromatic heterocycles. The summed E-state index contributed by atoms with van der Waals surface area (Å²) in [6.07, 6.45) is 7.97.